The molecule has 2 fully saturated rings. The maximum Gasteiger partial charge on any atom is 0.162 e. The van der Waals surface area contributed by atoms with E-state index in [1.165, 1.54) is 24.0 Å². The van der Waals surface area contributed by atoms with E-state index >= 15 is 0 Å². The Hall–Kier alpha value is -2.29. The number of hydrogen-bond donors (Lipinski definition) is 0. The number of benzene rings is 1. The van der Waals surface area contributed by atoms with E-state index in [1.54, 1.807) is 0 Å². The van der Waals surface area contributed by atoms with E-state index in [-0.39, 0.29) is 17.5 Å². The molecule has 0 aliphatic heterocycles. The van der Waals surface area contributed by atoms with Gasteiger partial charge in [0.15, 0.2) is 11.6 Å². The summed E-state index contributed by atoms with van der Waals surface area (Å²) in [4.78, 5) is 37.6. The molecule has 0 aromatic heterocycles. The average molecular weight is 477 g/mol. The second kappa shape index (κ2) is 13.1. The highest BCUT2D eigenvalue weighted by Crippen LogP contribution is 2.38. The summed E-state index contributed by atoms with van der Waals surface area (Å²) < 4.78 is 0. The molecule has 0 saturated heterocycles. The number of Topliss-reactive ketones (excluding diaryl/α,β-unsaturated/α-hetero) is 3. The van der Waals surface area contributed by atoms with Crippen molar-refractivity contribution < 1.29 is 14.4 Å². The van der Waals surface area contributed by atoms with E-state index in [9.17, 15) is 14.4 Å². The van der Waals surface area contributed by atoms with Crippen molar-refractivity contribution in [1.29, 1.82) is 0 Å². The molecule has 2 saturated carbocycles. The maximum absolute atomic E-state index is 13.0. The van der Waals surface area contributed by atoms with Crippen LogP contribution < -0.4 is 0 Å². The van der Waals surface area contributed by atoms with Gasteiger partial charge in [-0.3, -0.25) is 14.4 Å². The number of carbonyl (C=O) groups is 3. The smallest absolute Gasteiger partial charge is 0.162 e. The Bertz CT molecular complexity index is 955. The molecule has 3 nitrogen and oxygen atoms in total. The first-order chi connectivity index (χ1) is 16.8. The van der Waals surface area contributed by atoms with Gasteiger partial charge >= 0.3 is 0 Å². The van der Waals surface area contributed by atoms with Gasteiger partial charge in [-0.1, -0.05) is 43.7 Å². The molecule has 1 atom stereocenters. The van der Waals surface area contributed by atoms with Crippen LogP contribution >= 0.6 is 0 Å². The summed E-state index contributed by atoms with van der Waals surface area (Å²) in [5.74, 6) is 1.96. The van der Waals surface area contributed by atoms with E-state index < -0.39 is 0 Å². The minimum absolute atomic E-state index is 0.0813. The van der Waals surface area contributed by atoms with Crippen molar-refractivity contribution in [2.24, 2.45) is 11.8 Å². The van der Waals surface area contributed by atoms with Crippen molar-refractivity contribution in [2.75, 3.05) is 0 Å². The molecule has 2 aliphatic carbocycles. The quantitative estimate of drug-likeness (QED) is 0.132. The lowest BCUT2D eigenvalue weighted by atomic mass is 9.76. The molecule has 0 amide bonds. The lowest BCUT2D eigenvalue weighted by Gasteiger charge is -2.29. The van der Waals surface area contributed by atoms with Gasteiger partial charge in [0.05, 0.1) is 0 Å². The second-order valence-electron chi connectivity index (χ2n) is 11.1. The summed E-state index contributed by atoms with van der Waals surface area (Å²) in [5.41, 5.74) is 5.01. The molecular weight excluding hydrogens is 432 g/mol. The molecule has 1 aromatic carbocycles. The van der Waals surface area contributed by atoms with Gasteiger partial charge in [-0.15, -0.1) is 0 Å². The second-order valence-corrected chi connectivity index (χ2v) is 11.1. The summed E-state index contributed by atoms with van der Waals surface area (Å²) in [6.45, 7) is 10.2. The van der Waals surface area contributed by atoms with Gasteiger partial charge in [-0.2, -0.15) is 0 Å². The number of allylic oxidation sites excluding steroid dienone is 3. The lowest BCUT2D eigenvalue weighted by molar-refractivity contribution is -0.120. The van der Waals surface area contributed by atoms with Crippen LogP contribution in [0.4, 0.5) is 0 Å². The lowest BCUT2D eigenvalue weighted by Crippen LogP contribution is -2.16. The largest absolute Gasteiger partial charge is 0.299 e. The van der Waals surface area contributed by atoms with Gasteiger partial charge in [0.25, 0.3) is 0 Å². The standard InChI is InChI=1S/C32H44O3/c1-5-23(4)32(35)21-28-20-27(31(34)11-7-6-9-26-10-8-12-30(26)33)17-18-29(28)25-15-13-24(14-16-25)19-22(2)3/h17-20,24-26H,4-16,21H2,1-3H3. The first kappa shape index (κ1) is 27.3. The Morgan fingerprint density at radius 3 is 2.43 bits per heavy atom. The van der Waals surface area contributed by atoms with E-state index in [4.69, 9.17) is 0 Å². The molecule has 1 aromatic rings. The molecule has 0 N–H and O–H groups in total. The highest BCUT2D eigenvalue weighted by Gasteiger charge is 2.25. The highest BCUT2D eigenvalue weighted by atomic mass is 16.1. The molecule has 3 heteroatoms. The first-order valence-electron chi connectivity index (χ1n) is 13.8. The third-order valence-electron chi connectivity index (χ3n) is 8.06. The fourth-order valence-electron chi connectivity index (χ4n) is 5.91. The Morgan fingerprint density at radius 1 is 1.06 bits per heavy atom. The van der Waals surface area contributed by atoms with E-state index in [2.05, 4.69) is 32.6 Å². The van der Waals surface area contributed by atoms with Crippen LogP contribution in [0.3, 0.4) is 0 Å². The van der Waals surface area contributed by atoms with Crippen molar-refractivity contribution in [3.05, 3.63) is 58.7 Å². The molecule has 0 spiro atoms. The van der Waals surface area contributed by atoms with Crippen LogP contribution in [0, 0.1) is 11.8 Å². The number of ketones is 3. The van der Waals surface area contributed by atoms with E-state index in [0.29, 0.717) is 48.0 Å². The Kier molecular flexibility index (Phi) is 10.2. The third-order valence-corrected chi connectivity index (χ3v) is 8.06. The molecule has 2 aliphatic rings. The zero-order valence-electron chi connectivity index (χ0n) is 22.2. The summed E-state index contributed by atoms with van der Waals surface area (Å²) >= 11 is 0. The van der Waals surface area contributed by atoms with Gasteiger partial charge in [0.2, 0.25) is 0 Å². The Labute approximate surface area is 212 Å². The predicted molar refractivity (Wildman–Crippen MR) is 144 cm³/mol. The monoisotopic (exact) mass is 476 g/mol. The zero-order chi connectivity index (χ0) is 25.4. The Morgan fingerprint density at radius 2 is 1.80 bits per heavy atom. The fourth-order valence-corrected chi connectivity index (χ4v) is 5.91. The number of rotatable bonds is 12. The van der Waals surface area contributed by atoms with Crippen LogP contribution in [-0.2, 0) is 16.0 Å². The van der Waals surface area contributed by atoms with Crippen molar-refractivity contribution in [3.63, 3.8) is 0 Å². The van der Waals surface area contributed by atoms with Crippen LogP contribution in [0.5, 0.6) is 0 Å². The molecule has 1 unspecified atom stereocenters. The van der Waals surface area contributed by atoms with Gasteiger partial charge in [-0.05, 0) is 106 Å². The molecule has 0 bridgehead atoms. The van der Waals surface area contributed by atoms with Crippen molar-refractivity contribution in [3.8, 4) is 0 Å². The van der Waals surface area contributed by atoms with E-state index in [1.807, 2.05) is 19.1 Å². The minimum Gasteiger partial charge on any atom is -0.299 e. The summed E-state index contributed by atoms with van der Waals surface area (Å²) in [6.07, 6.45) is 13.9. The SMILES string of the molecule is C=C(CC)C(=O)Cc1cc(C(=O)CCCCC2CCCC2=O)ccc1C1CCC(C=C(C)C)CC1. The molecule has 35 heavy (non-hydrogen) atoms. The minimum atomic E-state index is 0.0813. The zero-order valence-corrected chi connectivity index (χ0v) is 22.2. The summed E-state index contributed by atoms with van der Waals surface area (Å²) in [5, 5.41) is 0. The normalized spacial score (nSPS) is 22.1. The van der Waals surface area contributed by atoms with Crippen LogP contribution in [0.25, 0.3) is 0 Å². The number of hydrogen-bond acceptors (Lipinski definition) is 3. The summed E-state index contributed by atoms with van der Waals surface area (Å²) in [7, 11) is 0. The van der Waals surface area contributed by atoms with Gasteiger partial charge < -0.3 is 0 Å². The first-order valence-corrected chi connectivity index (χ1v) is 13.8. The molecular formula is C32H44O3. The van der Waals surface area contributed by atoms with Gasteiger partial charge in [0.1, 0.15) is 5.78 Å². The topological polar surface area (TPSA) is 51.2 Å². The van der Waals surface area contributed by atoms with Crippen molar-refractivity contribution >= 4 is 17.3 Å². The van der Waals surface area contributed by atoms with Crippen molar-refractivity contribution in [1.82, 2.24) is 0 Å². The van der Waals surface area contributed by atoms with Crippen LogP contribution in [-0.4, -0.2) is 17.3 Å². The Balaban J connectivity index is 1.67. The highest BCUT2D eigenvalue weighted by molar-refractivity contribution is 5.98. The number of unbranched alkanes of at least 4 members (excludes halogenated alkanes) is 1. The average Bonchev–Trinajstić information content (AvgIpc) is 3.25. The van der Waals surface area contributed by atoms with Crippen LogP contribution in [0.1, 0.15) is 125 Å². The van der Waals surface area contributed by atoms with Gasteiger partial charge in [-0.25, -0.2) is 0 Å². The molecule has 0 radical (unpaired) electrons. The molecule has 3 rings (SSSR count). The van der Waals surface area contributed by atoms with Crippen LogP contribution in [0.2, 0.25) is 0 Å². The number of carbonyl (C=O) groups excluding carboxylic acids is 3. The predicted octanol–water partition coefficient (Wildman–Crippen LogP) is 8.12. The van der Waals surface area contributed by atoms with Crippen LogP contribution in [0.15, 0.2) is 42.0 Å². The third kappa shape index (κ3) is 7.85. The van der Waals surface area contributed by atoms with Crippen molar-refractivity contribution in [2.45, 2.75) is 110 Å². The molecule has 0 heterocycles. The summed E-state index contributed by atoms with van der Waals surface area (Å²) in [6, 6.07) is 6.08. The fraction of sp³-hybridized carbons (Fsp3) is 0.594. The van der Waals surface area contributed by atoms with E-state index in [0.717, 1.165) is 56.9 Å². The maximum atomic E-state index is 13.0. The molecule has 190 valence electrons. The van der Waals surface area contributed by atoms with Gasteiger partial charge in [0, 0.05) is 30.7 Å².